The summed E-state index contributed by atoms with van der Waals surface area (Å²) in [7, 11) is 1.59. The molecule has 1 fully saturated rings. The maximum Gasteiger partial charge on any atom is 0.253 e. The van der Waals surface area contributed by atoms with Gasteiger partial charge in [0.05, 0.1) is 19.2 Å². The number of nitrogens with zero attached hydrogens (tertiary/aromatic N) is 1. The first-order chi connectivity index (χ1) is 9.76. The highest BCUT2D eigenvalue weighted by molar-refractivity contribution is 7.99. The van der Waals surface area contributed by atoms with Crippen molar-refractivity contribution in [3.63, 3.8) is 0 Å². The second-order valence-electron chi connectivity index (χ2n) is 4.33. The Morgan fingerprint density at radius 2 is 2.20 bits per heavy atom. The van der Waals surface area contributed by atoms with Crippen LogP contribution < -0.4 is 10.5 Å². The van der Waals surface area contributed by atoms with E-state index in [0.717, 1.165) is 24.6 Å². The van der Waals surface area contributed by atoms with Crippen molar-refractivity contribution in [2.45, 2.75) is 0 Å². The molecule has 0 spiro atoms. The van der Waals surface area contributed by atoms with Crippen LogP contribution in [-0.2, 0) is 0 Å². The number of hydrogen-bond donors (Lipinski definition) is 1. The molecule has 0 unspecified atom stereocenters. The SMILES string of the molecule is COc1ccc(C(=O)N2CCSCC2)cc1C#CCN. The number of rotatable bonds is 2. The van der Waals surface area contributed by atoms with Crippen LogP contribution in [0.1, 0.15) is 15.9 Å². The molecular weight excluding hydrogens is 272 g/mol. The molecule has 0 aromatic heterocycles. The zero-order chi connectivity index (χ0) is 14.4. The van der Waals surface area contributed by atoms with Gasteiger partial charge in [-0.25, -0.2) is 0 Å². The Bertz CT molecular complexity index is 543. The van der Waals surface area contributed by atoms with E-state index in [1.54, 1.807) is 25.3 Å². The monoisotopic (exact) mass is 290 g/mol. The zero-order valence-corrected chi connectivity index (χ0v) is 12.3. The van der Waals surface area contributed by atoms with Crippen LogP contribution in [0.25, 0.3) is 0 Å². The van der Waals surface area contributed by atoms with E-state index < -0.39 is 0 Å². The van der Waals surface area contributed by atoms with Crippen molar-refractivity contribution in [2.24, 2.45) is 5.73 Å². The van der Waals surface area contributed by atoms with Crippen molar-refractivity contribution in [2.75, 3.05) is 38.2 Å². The van der Waals surface area contributed by atoms with E-state index in [2.05, 4.69) is 11.8 Å². The maximum atomic E-state index is 12.4. The molecule has 20 heavy (non-hydrogen) atoms. The van der Waals surface area contributed by atoms with Gasteiger partial charge in [0.25, 0.3) is 5.91 Å². The Labute approximate surface area is 123 Å². The number of thioether (sulfide) groups is 1. The van der Waals surface area contributed by atoms with Gasteiger partial charge in [-0.15, -0.1) is 0 Å². The van der Waals surface area contributed by atoms with Crippen molar-refractivity contribution in [3.05, 3.63) is 29.3 Å². The molecule has 1 aliphatic rings. The van der Waals surface area contributed by atoms with Crippen LogP contribution in [0, 0.1) is 11.8 Å². The lowest BCUT2D eigenvalue weighted by atomic mass is 10.1. The summed E-state index contributed by atoms with van der Waals surface area (Å²) in [6, 6.07) is 5.36. The fraction of sp³-hybridized carbons (Fsp3) is 0.400. The standard InChI is InChI=1S/C15H18N2O2S/c1-19-14-5-4-13(11-12(14)3-2-6-16)15(18)17-7-9-20-10-8-17/h4-5,11H,6-10,16H2,1H3. The average Bonchev–Trinajstić information content (AvgIpc) is 2.52. The molecule has 2 rings (SSSR count). The maximum absolute atomic E-state index is 12.4. The van der Waals surface area contributed by atoms with Crippen molar-refractivity contribution in [1.82, 2.24) is 4.90 Å². The Morgan fingerprint density at radius 1 is 1.45 bits per heavy atom. The van der Waals surface area contributed by atoms with Gasteiger partial charge >= 0.3 is 0 Å². The van der Waals surface area contributed by atoms with Crippen LogP contribution in [0.3, 0.4) is 0 Å². The first-order valence-electron chi connectivity index (χ1n) is 6.50. The highest BCUT2D eigenvalue weighted by Crippen LogP contribution is 2.21. The molecule has 1 amide bonds. The van der Waals surface area contributed by atoms with Crippen LogP contribution in [0.15, 0.2) is 18.2 Å². The highest BCUT2D eigenvalue weighted by atomic mass is 32.2. The summed E-state index contributed by atoms with van der Waals surface area (Å²) in [6.07, 6.45) is 0. The van der Waals surface area contributed by atoms with Crippen molar-refractivity contribution >= 4 is 17.7 Å². The molecule has 0 saturated carbocycles. The summed E-state index contributed by atoms with van der Waals surface area (Å²) in [5.41, 5.74) is 6.75. The van der Waals surface area contributed by atoms with E-state index in [9.17, 15) is 4.79 Å². The average molecular weight is 290 g/mol. The van der Waals surface area contributed by atoms with E-state index in [-0.39, 0.29) is 12.5 Å². The fourth-order valence-electron chi connectivity index (χ4n) is 2.03. The molecule has 5 heteroatoms. The normalized spacial score (nSPS) is 14.4. The molecule has 1 aromatic rings. The first kappa shape index (κ1) is 14.8. The predicted octanol–water partition coefficient (Wildman–Crippen LogP) is 1.19. The summed E-state index contributed by atoms with van der Waals surface area (Å²) in [5, 5.41) is 0. The van der Waals surface area contributed by atoms with Crippen LogP contribution in [-0.4, -0.2) is 49.1 Å². The molecule has 0 atom stereocenters. The fourth-order valence-corrected chi connectivity index (χ4v) is 2.94. The molecule has 1 aliphatic heterocycles. The van der Waals surface area contributed by atoms with Gasteiger partial charge in [0, 0.05) is 30.2 Å². The van der Waals surface area contributed by atoms with E-state index in [4.69, 9.17) is 10.5 Å². The molecular formula is C15H18N2O2S. The third-order valence-corrected chi connectivity index (χ3v) is 4.01. The van der Waals surface area contributed by atoms with Crippen LogP contribution in [0.2, 0.25) is 0 Å². The second kappa shape index (κ2) is 7.22. The van der Waals surface area contributed by atoms with Gasteiger partial charge in [-0.3, -0.25) is 4.79 Å². The first-order valence-corrected chi connectivity index (χ1v) is 7.65. The van der Waals surface area contributed by atoms with E-state index in [1.165, 1.54) is 0 Å². The summed E-state index contributed by atoms with van der Waals surface area (Å²) in [4.78, 5) is 14.3. The number of nitrogens with two attached hydrogens (primary N) is 1. The minimum Gasteiger partial charge on any atom is -0.495 e. The summed E-state index contributed by atoms with van der Waals surface area (Å²) in [5.74, 6) is 8.47. The molecule has 4 nitrogen and oxygen atoms in total. The van der Waals surface area contributed by atoms with Gasteiger partial charge in [0.2, 0.25) is 0 Å². The van der Waals surface area contributed by atoms with Gasteiger partial charge in [0.1, 0.15) is 5.75 Å². The molecule has 1 aromatic carbocycles. The Morgan fingerprint density at radius 3 is 2.85 bits per heavy atom. The summed E-state index contributed by atoms with van der Waals surface area (Å²) >= 11 is 1.88. The lowest BCUT2D eigenvalue weighted by Gasteiger charge is -2.26. The van der Waals surface area contributed by atoms with Crippen LogP contribution in [0.4, 0.5) is 0 Å². The van der Waals surface area contributed by atoms with Gasteiger partial charge < -0.3 is 15.4 Å². The largest absolute Gasteiger partial charge is 0.495 e. The smallest absolute Gasteiger partial charge is 0.253 e. The number of hydrogen-bond acceptors (Lipinski definition) is 4. The number of amides is 1. The Kier molecular flexibility index (Phi) is 5.33. The van der Waals surface area contributed by atoms with Crippen molar-refractivity contribution in [1.29, 1.82) is 0 Å². The molecule has 2 N–H and O–H groups in total. The van der Waals surface area contributed by atoms with Crippen molar-refractivity contribution < 1.29 is 9.53 Å². The van der Waals surface area contributed by atoms with Crippen molar-refractivity contribution in [3.8, 4) is 17.6 Å². The van der Waals surface area contributed by atoms with Crippen LogP contribution in [0.5, 0.6) is 5.75 Å². The second-order valence-corrected chi connectivity index (χ2v) is 5.55. The van der Waals surface area contributed by atoms with Crippen LogP contribution >= 0.6 is 11.8 Å². The topological polar surface area (TPSA) is 55.6 Å². The molecule has 0 bridgehead atoms. The number of ether oxygens (including phenoxy) is 1. The lowest BCUT2D eigenvalue weighted by molar-refractivity contribution is 0.0772. The quantitative estimate of drug-likeness (QED) is 0.832. The predicted molar refractivity (Wildman–Crippen MR) is 82.2 cm³/mol. The summed E-state index contributed by atoms with van der Waals surface area (Å²) in [6.45, 7) is 1.89. The van der Waals surface area contributed by atoms with E-state index >= 15 is 0 Å². The van der Waals surface area contributed by atoms with Gasteiger partial charge in [-0.05, 0) is 18.2 Å². The number of benzene rings is 1. The Hall–Kier alpha value is -1.64. The molecule has 1 heterocycles. The minimum absolute atomic E-state index is 0.0590. The minimum atomic E-state index is 0.0590. The lowest BCUT2D eigenvalue weighted by Crippen LogP contribution is -2.37. The van der Waals surface area contributed by atoms with E-state index in [1.807, 2.05) is 16.7 Å². The molecule has 1 saturated heterocycles. The third kappa shape index (κ3) is 3.47. The zero-order valence-electron chi connectivity index (χ0n) is 11.5. The van der Waals surface area contributed by atoms with E-state index in [0.29, 0.717) is 16.9 Å². The van der Waals surface area contributed by atoms with Gasteiger partial charge in [-0.2, -0.15) is 11.8 Å². The number of carbonyl (C=O) groups excluding carboxylic acids is 1. The Balaban J connectivity index is 2.25. The molecule has 0 radical (unpaired) electrons. The number of carbonyl (C=O) groups is 1. The van der Waals surface area contributed by atoms with Gasteiger partial charge in [-0.1, -0.05) is 11.8 Å². The molecule has 106 valence electrons. The number of methoxy groups -OCH3 is 1. The third-order valence-electron chi connectivity index (χ3n) is 3.07. The molecule has 0 aliphatic carbocycles. The summed E-state index contributed by atoms with van der Waals surface area (Å²) < 4.78 is 5.25. The highest BCUT2D eigenvalue weighted by Gasteiger charge is 2.19. The van der Waals surface area contributed by atoms with Gasteiger partial charge in [0.15, 0.2) is 0 Å².